The Morgan fingerprint density at radius 2 is 1.77 bits per heavy atom. The van der Waals surface area contributed by atoms with Gasteiger partial charge in [0.1, 0.15) is 5.92 Å². The van der Waals surface area contributed by atoms with Crippen molar-refractivity contribution in [3.05, 3.63) is 89.3 Å². The van der Waals surface area contributed by atoms with Crippen LogP contribution < -0.4 is 0 Å². The summed E-state index contributed by atoms with van der Waals surface area (Å²) in [7, 11) is 1.43. The van der Waals surface area contributed by atoms with Crippen molar-refractivity contribution in [2.24, 2.45) is 0 Å². The second kappa shape index (κ2) is 7.10. The van der Waals surface area contributed by atoms with Crippen LogP contribution in [-0.2, 0) is 9.53 Å². The number of nitrogens with zero attached hydrogens (tertiary/aromatic N) is 1. The van der Waals surface area contributed by atoms with Crippen LogP contribution in [0.25, 0.3) is 21.5 Å². The fraction of sp³-hybridized carbons (Fsp3) is 0.0909. The van der Waals surface area contributed by atoms with Crippen molar-refractivity contribution in [2.75, 3.05) is 7.11 Å². The summed E-state index contributed by atoms with van der Waals surface area (Å²) >= 11 is 1.64. The molecular weight excluding hydrogens is 342 g/mol. The van der Waals surface area contributed by atoms with Gasteiger partial charge in [-0.3, -0.25) is 4.79 Å². The van der Waals surface area contributed by atoms with Gasteiger partial charge in [-0.25, -0.2) is 4.98 Å². The summed E-state index contributed by atoms with van der Waals surface area (Å²) in [6.07, 6.45) is 0. The average molecular weight is 359 g/mol. The van der Waals surface area contributed by atoms with Gasteiger partial charge >= 0.3 is 5.97 Å². The van der Waals surface area contributed by atoms with Gasteiger partial charge in [0.2, 0.25) is 0 Å². The summed E-state index contributed by atoms with van der Waals surface area (Å²) in [5.74, 6) is -0.766. The highest BCUT2D eigenvalue weighted by Crippen LogP contribution is 2.35. The lowest BCUT2D eigenvalue weighted by Crippen LogP contribution is -2.16. The molecule has 1 atom stereocenters. The summed E-state index contributed by atoms with van der Waals surface area (Å²) in [5, 5.41) is 2.99. The van der Waals surface area contributed by atoms with E-state index in [1.54, 1.807) is 11.3 Å². The van der Waals surface area contributed by atoms with Gasteiger partial charge in [-0.1, -0.05) is 54.6 Å². The molecule has 0 N–H and O–H groups in total. The van der Waals surface area contributed by atoms with E-state index in [0.29, 0.717) is 0 Å². The van der Waals surface area contributed by atoms with Crippen LogP contribution >= 0.6 is 11.3 Å². The van der Waals surface area contributed by atoms with Gasteiger partial charge in [-0.2, -0.15) is 0 Å². The smallest absolute Gasteiger partial charge is 0.317 e. The number of carbonyl (C=O) groups excluding carboxylic acids is 1. The number of rotatable bonds is 4. The van der Waals surface area contributed by atoms with Crippen molar-refractivity contribution in [2.45, 2.75) is 5.92 Å². The fourth-order valence-electron chi connectivity index (χ4n) is 3.20. The first-order valence-corrected chi connectivity index (χ1v) is 9.22. The molecule has 0 radical (unpaired) electrons. The Bertz CT molecular complexity index is 1040. The highest BCUT2D eigenvalue weighted by Gasteiger charge is 2.26. The van der Waals surface area contributed by atoms with E-state index in [0.717, 1.165) is 32.6 Å². The molecule has 0 aliphatic heterocycles. The molecule has 4 heteroatoms. The van der Waals surface area contributed by atoms with Crippen molar-refractivity contribution in [3.63, 3.8) is 0 Å². The zero-order valence-corrected chi connectivity index (χ0v) is 15.1. The van der Waals surface area contributed by atoms with Crippen LogP contribution in [0.3, 0.4) is 0 Å². The monoisotopic (exact) mass is 359 g/mol. The van der Waals surface area contributed by atoms with Crippen LogP contribution in [0.1, 0.15) is 17.0 Å². The molecule has 0 aliphatic rings. The Balaban J connectivity index is 1.99. The van der Waals surface area contributed by atoms with Crippen molar-refractivity contribution >= 4 is 28.2 Å². The van der Waals surface area contributed by atoms with Gasteiger partial charge in [0.15, 0.2) is 0 Å². The third-order valence-corrected chi connectivity index (χ3v) is 5.29. The quantitative estimate of drug-likeness (QED) is 0.466. The highest BCUT2D eigenvalue weighted by molar-refractivity contribution is 7.13. The minimum Gasteiger partial charge on any atom is -0.468 e. The van der Waals surface area contributed by atoms with Crippen molar-refractivity contribution < 1.29 is 9.53 Å². The highest BCUT2D eigenvalue weighted by atomic mass is 32.1. The summed E-state index contributed by atoms with van der Waals surface area (Å²) in [5.41, 5.74) is 3.57. The Morgan fingerprint density at radius 1 is 1.00 bits per heavy atom. The molecule has 4 aromatic rings. The number of methoxy groups -OCH3 is 1. The molecule has 0 spiro atoms. The minimum atomic E-state index is -0.493. The molecular formula is C22H17NO2S. The molecule has 4 rings (SSSR count). The maximum absolute atomic E-state index is 12.7. The number of aromatic nitrogens is 1. The van der Waals surface area contributed by atoms with Gasteiger partial charge in [0.05, 0.1) is 23.2 Å². The normalized spacial score (nSPS) is 12.0. The molecule has 1 unspecified atom stereocenters. The van der Waals surface area contributed by atoms with Crippen molar-refractivity contribution in [3.8, 4) is 10.6 Å². The molecule has 2 aromatic heterocycles. The van der Waals surface area contributed by atoms with E-state index in [4.69, 9.17) is 9.72 Å². The van der Waals surface area contributed by atoms with Crippen molar-refractivity contribution in [1.29, 1.82) is 0 Å². The molecule has 0 saturated heterocycles. The van der Waals surface area contributed by atoms with Gasteiger partial charge in [0.25, 0.3) is 0 Å². The number of benzene rings is 2. The Hall–Kier alpha value is -2.98. The number of thiophene rings is 1. The van der Waals surface area contributed by atoms with Gasteiger partial charge in [-0.15, -0.1) is 11.3 Å². The van der Waals surface area contributed by atoms with Crippen LogP contribution in [0.5, 0.6) is 0 Å². The lowest BCUT2D eigenvalue weighted by Gasteiger charge is -2.18. The second-order valence-corrected chi connectivity index (χ2v) is 6.91. The molecule has 2 aromatic carbocycles. The molecule has 128 valence electrons. The summed E-state index contributed by atoms with van der Waals surface area (Å²) < 4.78 is 5.14. The van der Waals surface area contributed by atoms with Crippen LogP contribution in [-0.4, -0.2) is 18.1 Å². The fourth-order valence-corrected chi connectivity index (χ4v) is 3.88. The third-order valence-electron chi connectivity index (χ3n) is 4.40. The number of ether oxygens (including phenoxy) is 1. The van der Waals surface area contributed by atoms with E-state index < -0.39 is 5.92 Å². The number of hydrogen-bond donors (Lipinski definition) is 0. The molecule has 0 amide bonds. The largest absolute Gasteiger partial charge is 0.468 e. The van der Waals surface area contributed by atoms with Crippen LogP contribution in [0.2, 0.25) is 0 Å². The summed E-state index contributed by atoms with van der Waals surface area (Å²) in [6, 6.07) is 23.7. The van der Waals surface area contributed by atoms with E-state index in [2.05, 4.69) is 0 Å². The van der Waals surface area contributed by atoms with Crippen LogP contribution in [0, 0.1) is 0 Å². The molecule has 2 heterocycles. The van der Waals surface area contributed by atoms with Gasteiger partial charge in [-0.05, 0) is 34.7 Å². The van der Waals surface area contributed by atoms with E-state index in [9.17, 15) is 4.79 Å². The molecule has 0 saturated carbocycles. The number of carbonyl (C=O) groups is 1. The number of fused-ring (bicyclic) bond motifs is 1. The Labute approximate surface area is 155 Å². The van der Waals surface area contributed by atoms with Crippen molar-refractivity contribution in [1.82, 2.24) is 4.98 Å². The number of pyridine rings is 1. The minimum absolute atomic E-state index is 0.273. The van der Waals surface area contributed by atoms with E-state index >= 15 is 0 Å². The van der Waals surface area contributed by atoms with E-state index in [1.165, 1.54) is 7.11 Å². The standard InChI is InChI=1S/C22H17NO2S/c1-25-22(24)21(15-8-3-2-4-9-15)17-14-19(20-12-7-13-26-20)23-18-11-6-5-10-16(17)18/h2-14,21H,1H3. The van der Waals surface area contributed by atoms with E-state index in [1.807, 2.05) is 78.2 Å². The lowest BCUT2D eigenvalue weighted by molar-refractivity contribution is -0.141. The predicted octanol–water partition coefficient (Wildman–Crippen LogP) is 5.27. The summed E-state index contributed by atoms with van der Waals surface area (Å²) in [6.45, 7) is 0. The third kappa shape index (κ3) is 3.00. The molecule has 3 nitrogen and oxygen atoms in total. The summed E-state index contributed by atoms with van der Waals surface area (Å²) in [4.78, 5) is 18.6. The zero-order chi connectivity index (χ0) is 17.9. The van der Waals surface area contributed by atoms with E-state index in [-0.39, 0.29) is 5.97 Å². The molecule has 0 fully saturated rings. The average Bonchev–Trinajstić information content (AvgIpc) is 3.23. The number of esters is 1. The predicted molar refractivity (Wildman–Crippen MR) is 105 cm³/mol. The lowest BCUT2D eigenvalue weighted by atomic mass is 9.88. The van der Waals surface area contributed by atoms with Crippen LogP contribution in [0.15, 0.2) is 78.2 Å². The number of para-hydroxylation sites is 1. The Morgan fingerprint density at radius 3 is 2.50 bits per heavy atom. The van der Waals surface area contributed by atoms with Crippen LogP contribution in [0.4, 0.5) is 0 Å². The maximum Gasteiger partial charge on any atom is 0.317 e. The maximum atomic E-state index is 12.7. The topological polar surface area (TPSA) is 39.2 Å². The molecule has 0 bridgehead atoms. The first-order valence-electron chi connectivity index (χ1n) is 8.34. The Kier molecular flexibility index (Phi) is 4.50. The van der Waals surface area contributed by atoms with Gasteiger partial charge in [0, 0.05) is 5.39 Å². The van der Waals surface area contributed by atoms with Gasteiger partial charge < -0.3 is 4.74 Å². The zero-order valence-electron chi connectivity index (χ0n) is 14.3. The molecule has 0 aliphatic carbocycles. The molecule has 26 heavy (non-hydrogen) atoms. The first-order chi connectivity index (χ1) is 12.8. The second-order valence-electron chi connectivity index (χ2n) is 5.96. The SMILES string of the molecule is COC(=O)C(c1ccccc1)c1cc(-c2cccs2)nc2ccccc12. The first kappa shape index (κ1) is 16.5. The number of hydrogen-bond acceptors (Lipinski definition) is 4.